The zero-order valence-corrected chi connectivity index (χ0v) is 23.0. The fraction of sp³-hybridized carbons (Fsp3) is 0.200. The van der Waals surface area contributed by atoms with Crippen molar-refractivity contribution in [1.82, 2.24) is 15.5 Å². The van der Waals surface area contributed by atoms with Crippen LogP contribution in [0.4, 0.5) is 16.2 Å². The summed E-state index contributed by atoms with van der Waals surface area (Å²) in [5.74, 6) is 0.0700. The molecule has 12 heteroatoms. The lowest BCUT2D eigenvalue weighted by Crippen LogP contribution is -2.43. The third-order valence-corrected chi connectivity index (χ3v) is 7.32. The molecule has 1 saturated heterocycles. The van der Waals surface area contributed by atoms with Crippen molar-refractivity contribution in [2.24, 2.45) is 10.2 Å². The number of benzene rings is 3. The number of azo groups is 1. The monoisotopic (exact) mass is 567 g/mol. The number of carbonyl (C=O) groups is 2. The van der Waals surface area contributed by atoms with Crippen LogP contribution in [0.3, 0.4) is 0 Å². The lowest BCUT2D eigenvalue weighted by molar-refractivity contribution is 0.0993. The number of carbonyl (C=O) groups excluding carboxylic acids is 2. The summed E-state index contributed by atoms with van der Waals surface area (Å²) in [6.45, 7) is 3.54. The number of hydrogen-bond donors (Lipinski definition) is 5. The highest BCUT2D eigenvalue weighted by molar-refractivity contribution is 6.17. The molecule has 0 atom stereocenters. The second kappa shape index (κ2) is 11.3. The number of para-hydroxylation sites is 1. The average Bonchev–Trinajstić information content (AvgIpc) is 3.59. The Morgan fingerprint density at radius 2 is 1.62 bits per heavy atom. The topological polar surface area (TPSA) is 156 Å². The minimum atomic E-state index is -0.870. The standard InChI is InChI=1S/C30H29N7O5/c1-41-18-14-17(15-19(16-18)42-2)29(39)35-36-30(40)32-22-8-5-7-21-24(22)28(38)25-26(33-34-27(21)25)20-6-3-4-9-23(20)37-12-10-31-11-13-37/h3-9,14-16,31,33-34,38H,10-13H2,1-2H3,(H,32,40). The predicted molar refractivity (Wildman–Crippen MR) is 159 cm³/mol. The fourth-order valence-electron chi connectivity index (χ4n) is 5.35. The smallest absolute Gasteiger partial charge is 0.364 e. The number of nitrogens with zero attached hydrogens (tertiary/aromatic N) is 3. The number of anilines is 2. The molecule has 12 nitrogen and oxygen atoms in total. The van der Waals surface area contributed by atoms with Gasteiger partial charge >= 0.3 is 6.03 Å². The summed E-state index contributed by atoms with van der Waals surface area (Å²) in [5, 5.41) is 32.2. The molecule has 42 heavy (non-hydrogen) atoms. The van der Waals surface area contributed by atoms with Crippen molar-refractivity contribution in [3.05, 3.63) is 66.2 Å². The van der Waals surface area contributed by atoms with E-state index in [4.69, 9.17) is 9.47 Å². The van der Waals surface area contributed by atoms with Gasteiger partial charge in [0.25, 0.3) is 5.91 Å². The van der Waals surface area contributed by atoms with E-state index in [0.717, 1.165) is 43.1 Å². The van der Waals surface area contributed by atoms with Crippen LogP contribution in [-0.2, 0) is 0 Å². The van der Waals surface area contributed by atoms with Gasteiger partial charge in [0.2, 0.25) is 0 Å². The van der Waals surface area contributed by atoms with E-state index in [0.29, 0.717) is 39.2 Å². The van der Waals surface area contributed by atoms with E-state index in [1.807, 2.05) is 24.3 Å². The predicted octanol–water partition coefficient (Wildman–Crippen LogP) is 5.22. The van der Waals surface area contributed by atoms with Crippen LogP contribution in [0.1, 0.15) is 10.4 Å². The number of urea groups is 1. The molecule has 3 amide bonds. The number of amides is 3. The number of rotatable bonds is 6. The minimum absolute atomic E-state index is 0.00926. The Bertz CT molecular complexity index is 1760. The number of aromatic amines is 2. The normalized spacial score (nSPS) is 13.6. The molecular formula is C30H29N7O5. The number of aromatic hydroxyl groups is 1. The molecule has 0 radical (unpaired) electrons. The highest BCUT2D eigenvalue weighted by Gasteiger charge is 2.28. The van der Waals surface area contributed by atoms with E-state index >= 15 is 0 Å². The second-order valence-electron chi connectivity index (χ2n) is 9.74. The van der Waals surface area contributed by atoms with Gasteiger partial charge in [-0.3, -0.25) is 15.0 Å². The van der Waals surface area contributed by atoms with Gasteiger partial charge in [0.05, 0.1) is 47.8 Å². The maximum Gasteiger partial charge on any atom is 0.364 e. The largest absolute Gasteiger partial charge is 0.506 e. The molecule has 5 N–H and O–H groups in total. The molecule has 3 aromatic rings. The lowest BCUT2D eigenvalue weighted by Gasteiger charge is -2.31. The van der Waals surface area contributed by atoms with Crippen LogP contribution < -0.4 is 25.0 Å². The molecule has 0 saturated carbocycles. The zero-order chi connectivity index (χ0) is 29.2. The first-order chi connectivity index (χ1) is 20.5. The Hall–Kier alpha value is -5.36. The number of H-pyrrole nitrogens is 2. The Morgan fingerprint density at radius 3 is 2.36 bits per heavy atom. The molecule has 0 aromatic heterocycles. The minimum Gasteiger partial charge on any atom is -0.506 e. The van der Waals surface area contributed by atoms with Gasteiger partial charge in [0.15, 0.2) is 0 Å². The maximum atomic E-state index is 12.7. The van der Waals surface area contributed by atoms with Crippen LogP contribution in [0.2, 0.25) is 0 Å². The number of piperazine rings is 1. The van der Waals surface area contributed by atoms with Gasteiger partial charge in [-0.2, -0.15) is 0 Å². The van der Waals surface area contributed by atoms with Gasteiger partial charge in [-0.15, -0.1) is 5.11 Å². The summed E-state index contributed by atoms with van der Waals surface area (Å²) in [7, 11) is 2.93. The number of aromatic nitrogens is 2. The summed E-state index contributed by atoms with van der Waals surface area (Å²) in [5.41, 5.74) is 4.54. The van der Waals surface area contributed by atoms with Crippen LogP contribution in [0.25, 0.3) is 33.3 Å². The Labute approximate surface area is 240 Å². The van der Waals surface area contributed by atoms with Gasteiger partial charge in [0.1, 0.15) is 17.2 Å². The van der Waals surface area contributed by atoms with E-state index in [-0.39, 0.29) is 11.3 Å². The van der Waals surface area contributed by atoms with Gasteiger partial charge in [-0.1, -0.05) is 35.4 Å². The highest BCUT2D eigenvalue weighted by Crippen LogP contribution is 2.51. The molecule has 2 heterocycles. The molecule has 3 aromatic carbocycles. The van der Waals surface area contributed by atoms with Crippen LogP contribution in [0.15, 0.2) is 70.9 Å². The number of methoxy groups -OCH3 is 2. The number of ether oxygens (including phenoxy) is 2. The van der Waals surface area contributed by atoms with Crippen LogP contribution in [-0.4, -0.2) is 67.6 Å². The molecule has 0 spiro atoms. The van der Waals surface area contributed by atoms with Crippen molar-refractivity contribution in [3.63, 3.8) is 0 Å². The van der Waals surface area contributed by atoms with E-state index in [1.165, 1.54) is 26.4 Å². The second-order valence-corrected chi connectivity index (χ2v) is 9.74. The van der Waals surface area contributed by atoms with Crippen molar-refractivity contribution < 1.29 is 24.2 Å². The summed E-state index contributed by atoms with van der Waals surface area (Å²) in [6.07, 6.45) is 0. The third kappa shape index (κ3) is 4.88. The van der Waals surface area contributed by atoms with Gasteiger partial charge in [-0.25, -0.2) is 4.79 Å². The quantitative estimate of drug-likeness (QED) is 0.176. The van der Waals surface area contributed by atoms with Gasteiger partial charge < -0.3 is 30.1 Å². The van der Waals surface area contributed by atoms with Crippen molar-refractivity contribution in [1.29, 1.82) is 0 Å². The Kier molecular flexibility index (Phi) is 7.19. The van der Waals surface area contributed by atoms with Crippen molar-refractivity contribution in [2.75, 3.05) is 50.6 Å². The molecule has 2 aliphatic heterocycles. The Morgan fingerprint density at radius 1 is 0.905 bits per heavy atom. The number of fused-ring (bicyclic) bond motifs is 3. The molecule has 1 aliphatic carbocycles. The lowest BCUT2D eigenvalue weighted by atomic mass is 10.0. The average molecular weight is 568 g/mol. The SMILES string of the molecule is COc1cc(OC)cc(C(=O)N=NC(=O)Nc2cccc3c4[nH][nH]c(-c5ccccc5N5CCNCC5)c-4c(O)c23)c1. The van der Waals surface area contributed by atoms with Gasteiger partial charge in [0, 0.05) is 48.9 Å². The van der Waals surface area contributed by atoms with Crippen LogP contribution >= 0.6 is 0 Å². The molecule has 6 rings (SSSR count). The number of hydrogen-bond acceptors (Lipinski definition) is 7. The highest BCUT2D eigenvalue weighted by atomic mass is 16.5. The number of nitrogens with one attached hydrogen (secondary N) is 4. The Balaban J connectivity index is 1.31. The molecule has 1 fully saturated rings. The zero-order valence-electron chi connectivity index (χ0n) is 23.0. The maximum absolute atomic E-state index is 12.7. The van der Waals surface area contributed by atoms with Crippen LogP contribution in [0, 0.1) is 0 Å². The van der Waals surface area contributed by atoms with Crippen molar-refractivity contribution in [3.8, 4) is 39.8 Å². The molecule has 0 bridgehead atoms. The third-order valence-electron chi connectivity index (χ3n) is 7.32. The first-order valence-electron chi connectivity index (χ1n) is 13.4. The summed E-state index contributed by atoms with van der Waals surface area (Å²) >= 11 is 0. The van der Waals surface area contributed by atoms with Crippen molar-refractivity contribution in [2.45, 2.75) is 0 Å². The van der Waals surface area contributed by atoms with E-state index in [1.54, 1.807) is 18.2 Å². The summed E-state index contributed by atoms with van der Waals surface area (Å²) in [6, 6.07) is 17.0. The first-order valence-corrected chi connectivity index (χ1v) is 13.4. The molecule has 214 valence electrons. The van der Waals surface area contributed by atoms with E-state index < -0.39 is 11.9 Å². The molecule has 0 unspecified atom stereocenters. The summed E-state index contributed by atoms with van der Waals surface area (Å²) < 4.78 is 10.4. The van der Waals surface area contributed by atoms with Crippen molar-refractivity contribution >= 4 is 34.1 Å². The van der Waals surface area contributed by atoms with Gasteiger partial charge in [-0.05, 0) is 24.3 Å². The molecule has 3 aliphatic rings. The fourth-order valence-corrected chi connectivity index (χ4v) is 5.35. The van der Waals surface area contributed by atoms with Crippen LogP contribution in [0.5, 0.6) is 17.2 Å². The van der Waals surface area contributed by atoms with E-state index in [9.17, 15) is 14.7 Å². The summed E-state index contributed by atoms with van der Waals surface area (Å²) in [4.78, 5) is 27.6. The first kappa shape index (κ1) is 26.8. The molecular weight excluding hydrogens is 538 g/mol. The van der Waals surface area contributed by atoms with E-state index in [2.05, 4.69) is 42.0 Å².